The molecule has 43 nitrogen and oxygen atoms in total. The fourth-order valence-electron chi connectivity index (χ4n) is 13.3. The molecule has 16 aromatic rings. The Morgan fingerprint density at radius 1 is 0.338 bits per heavy atom. The summed E-state index contributed by atoms with van der Waals surface area (Å²) in [4.78, 5) is 186. The number of amides is 6. The van der Waals surface area contributed by atoms with Gasteiger partial charge in [0.25, 0.3) is 57.0 Å². The monoisotopic (exact) mass is 1910 g/mol. The smallest absolute Gasteiger partial charge is 0.292 e. The van der Waals surface area contributed by atoms with Crippen LogP contribution >= 0.6 is 11.8 Å². The van der Waals surface area contributed by atoms with Crippen molar-refractivity contribution in [1.82, 2.24) is 118 Å². The molecule has 0 saturated heterocycles. The Bertz CT molecular complexity index is 7630. The Hall–Kier alpha value is -17.5. The fourth-order valence-corrected chi connectivity index (χ4v) is 13.9. The third kappa shape index (κ3) is 26.5. The highest BCUT2D eigenvalue weighted by Crippen LogP contribution is 2.33. The third-order valence-corrected chi connectivity index (χ3v) is 20.9. The van der Waals surface area contributed by atoms with Gasteiger partial charge in [0.05, 0.1) is 46.0 Å². The van der Waals surface area contributed by atoms with Crippen molar-refractivity contribution in [3.8, 4) is 35.7 Å². The number of carbonyl (C=O) groups excluding carboxylic acids is 6. The van der Waals surface area contributed by atoms with Crippen LogP contribution in [0.25, 0.3) is 35.7 Å². The lowest BCUT2D eigenvalue weighted by Gasteiger charge is -2.10. The predicted octanol–water partition coefficient (Wildman–Crippen LogP) is 10.7. The van der Waals surface area contributed by atoms with Crippen LogP contribution in [0.1, 0.15) is 163 Å². The van der Waals surface area contributed by atoms with Crippen LogP contribution in [-0.2, 0) is 35.3 Å². The normalized spacial score (nSPS) is 11.7. The van der Waals surface area contributed by atoms with Crippen LogP contribution in [0.4, 0.5) is 43.7 Å². The summed E-state index contributed by atoms with van der Waals surface area (Å²) in [6.07, 6.45) is 9.54. The Labute approximate surface area is 792 Å². The molecule has 0 bridgehead atoms. The van der Waals surface area contributed by atoms with Gasteiger partial charge in [-0.3, -0.25) is 87.4 Å². The van der Waals surface area contributed by atoms with Crippen LogP contribution in [0.2, 0.25) is 0 Å². The molecule has 6 amide bonds. The van der Waals surface area contributed by atoms with E-state index in [0.29, 0.717) is 135 Å². The van der Waals surface area contributed by atoms with Gasteiger partial charge in [-0.2, -0.15) is 58.7 Å². The molecule has 13 aromatic heterocycles. The van der Waals surface area contributed by atoms with Crippen LogP contribution in [0.15, 0.2) is 202 Å². The van der Waals surface area contributed by atoms with Gasteiger partial charge < -0.3 is 36.3 Å². The number of nitrogens with one attached hydrogen (secondary N) is 12. The van der Waals surface area contributed by atoms with E-state index in [4.69, 9.17) is 4.42 Å². The first-order valence-corrected chi connectivity index (χ1v) is 44.8. The summed E-state index contributed by atoms with van der Waals surface area (Å²) in [6, 6.07) is 40.0. The largest absolute Gasteiger partial charge is 0.459 e. The maximum absolute atomic E-state index is 13.3. The van der Waals surface area contributed by atoms with Crippen LogP contribution in [-0.4, -0.2) is 160 Å². The van der Waals surface area contributed by atoms with Crippen molar-refractivity contribution in [2.45, 2.75) is 139 Å². The fraction of sp³-hybridized carbons (Fsp3) is 0.247. The predicted molar refractivity (Wildman–Crippen MR) is 512 cm³/mol. The average Bonchev–Trinajstić information content (AvgIpc) is 1.71. The van der Waals surface area contributed by atoms with E-state index in [1.54, 1.807) is 89.2 Å². The lowest BCUT2D eigenvalue weighted by atomic mass is 10.2. The summed E-state index contributed by atoms with van der Waals surface area (Å²) < 4.78 is 40.0. The SMILES string of the molecule is CCc1cc(=O)[nH]c(-n2nc(C)cc2NC(=O)C2CC2)n1.CCc1cc(=O)[nH]c(-n2nc(C)cc2NC(=O)c2cccc(F)c2)n1.CCc1cc(=O)[nH]c(-n2nc(C)cc2NC(=O)c2ccccc2SC)n1.CCc1cc(=O)[nH]c(-n2nc(C)cc2NC(=O)c2ccco2)n1.Cc1cc(=O)[nH]c(-n2nc(C)cc2NC(=O)C2CC2)n1.Cc1cc(=O)[nH]c(-n2nc(C)cc2NC(=O)c2cccc(F)c2)n1. The number of aryl methyl sites for hydroxylation is 12. The minimum absolute atomic E-state index is 0.00913. The molecule has 12 N–H and O–H groups in total. The molecule has 2 saturated carbocycles. The highest BCUT2D eigenvalue weighted by molar-refractivity contribution is 7.98. The van der Waals surface area contributed by atoms with Gasteiger partial charge in [-0.05, 0) is 174 Å². The first-order chi connectivity index (χ1) is 66.5. The molecule has 2 fully saturated rings. The van der Waals surface area contributed by atoms with E-state index in [1.165, 1.54) is 119 Å². The van der Waals surface area contributed by atoms with Gasteiger partial charge in [-0.25, -0.2) is 38.7 Å². The number of hydrogen-bond acceptors (Lipinski definition) is 26. The van der Waals surface area contributed by atoms with E-state index in [2.05, 4.69) is 122 Å². The van der Waals surface area contributed by atoms with Crippen molar-refractivity contribution < 1.29 is 42.0 Å². The number of furan rings is 1. The van der Waals surface area contributed by atoms with Gasteiger partial charge >= 0.3 is 0 Å². The van der Waals surface area contributed by atoms with Crippen molar-refractivity contribution in [2.75, 3.05) is 38.2 Å². The van der Waals surface area contributed by atoms with Crippen molar-refractivity contribution in [3.05, 3.63) is 329 Å². The number of anilines is 6. The number of halogens is 2. The number of hydrogen-bond donors (Lipinski definition) is 12. The summed E-state index contributed by atoms with van der Waals surface area (Å²) in [7, 11) is 0. The zero-order valence-corrected chi connectivity index (χ0v) is 78.2. The molecule has 46 heteroatoms. The molecule has 13 heterocycles. The van der Waals surface area contributed by atoms with E-state index < -0.39 is 29.4 Å². The summed E-state index contributed by atoms with van der Waals surface area (Å²) in [5, 5.41) is 42.2. The Kier molecular flexibility index (Phi) is 31.7. The van der Waals surface area contributed by atoms with Crippen molar-refractivity contribution in [1.29, 1.82) is 0 Å². The second-order valence-electron chi connectivity index (χ2n) is 31.6. The lowest BCUT2D eigenvalue weighted by molar-refractivity contribution is -0.118. The average molecular weight is 1910 g/mol. The number of aromatic amines is 6. The Balaban J connectivity index is 0.000000141. The maximum Gasteiger partial charge on any atom is 0.292 e. The second-order valence-corrected chi connectivity index (χ2v) is 32.5. The number of nitrogens with zero attached hydrogens (tertiary/aromatic N) is 18. The van der Waals surface area contributed by atoms with E-state index in [1.807, 2.05) is 72.9 Å². The summed E-state index contributed by atoms with van der Waals surface area (Å²) >= 11 is 1.50. The maximum atomic E-state index is 13.3. The highest BCUT2D eigenvalue weighted by atomic mass is 32.2. The van der Waals surface area contributed by atoms with E-state index in [0.717, 1.165) is 54.1 Å². The Morgan fingerprint density at radius 2 is 0.626 bits per heavy atom. The van der Waals surface area contributed by atoms with Crippen LogP contribution in [0, 0.1) is 78.9 Å². The first-order valence-electron chi connectivity index (χ1n) is 43.6. The molecule has 0 aliphatic heterocycles. The standard InChI is InChI=1S/C18H19N5O2S.C17H16FN5O2.C16H14FN5O2.C15H15N5O3.C14H17N5O2.C13H15N5O2/c1-4-12-10-16(24)21-18(19-12)23-15(9-11(2)22-23)20-17(25)13-7-5-6-8-14(13)26-3;1-3-13-9-15(24)21-17(19-13)23-14(7-10(2)22-23)20-16(25)11-5-4-6-12(18)8-11;1-9-7-14(23)20-16(18-9)22-13(6-10(2)21-22)19-15(24)11-4-3-5-12(17)8-11;1-3-10-8-13(21)18-15(16-10)20-12(7-9(2)19-20)17-14(22)11-5-4-6-23-11;1-3-10-7-12(20)17-14(15-10)19-11(6-8(2)18-19)16-13(21)9-4-5-9;1-7-6-11(19)16-13(14-7)18-10(5-8(2)17-18)15-12(20)9-3-4-9/h5-10H,4H2,1-3H3,(H,20,25)(H,19,21,24);4-9H,3H2,1-2H3,(H,20,25)(H,19,21,24);3-8H,1-2H3,(H,19,24)(H,18,20,23);4-8H,3H2,1-2H3,(H,17,22)(H,16,18,21);6-7,9H,3-5H2,1-2H3,(H,16,21)(H,15,17,20);5-6,9H,3-4H2,1-2H3,(H,15,20)(H,14,16,19). The zero-order chi connectivity index (χ0) is 99.6. The number of rotatable bonds is 23. The number of H-pyrrole nitrogens is 6. The van der Waals surface area contributed by atoms with Gasteiger partial charge in [0.2, 0.25) is 47.5 Å². The topological polar surface area (TPSA) is 569 Å². The van der Waals surface area contributed by atoms with Crippen LogP contribution < -0.4 is 65.3 Å². The molecule has 18 rings (SSSR count). The quantitative estimate of drug-likeness (QED) is 0.0265. The minimum atomic E-state index is -0.503. The van der Waals surface area contributed by atoms with Crippen molar-refractivity contribution in [2.24, 2.45) is 11.8 Å². The van der Waals surface area contributed by atoms with Gasteiger partial charge in [-0.15, -0.1) is 11.8 Å². The van der Waals surface area contributed by atoms with Gasteiger partial charge in [0.1, 0.15) is 46.5 Å². The molecule has 0 spiro atoms. The van der Waals surface area contributed by atoms with Crippen molar-refractivity contribution in [3.63, 3.8) is 0 Å². The number of aromatic nitrogens is 24. The molecule has 0 unspecified atom stereocenters. The summed E-state index contributed by atoms with van der Waals surface area (Å²) in [5.74, 6) is 1.76. The molecular weight excluding hydrogens is 1820 g/mol. The molecular formula is C93H96F2N30O13S. The van der Waals surface area contributed by atoms with E-state index in [-0.39, 0.29) is 104 Å². The molecule has 2 aliphatic carbocycles. The van der Waals surface area contributed by atoms with Gasteiger partial charge in [0.15, 0.2) is 5.76 Å². The number of carbonyl (C=O) groups is 6. The summed E-state index contributed by atoms with van der Waals surface area (Å²) in [6.45, 7) is 21.8. The van der Waals surface area contributed by atoms with E-state index >= 15 is 0 Å². The first kappa shape index (κ1) is 99.0. The minimum Gasteiger partial charge on any atom is -0.459 e. The molecule has 139 heavy (non-hydrogen) atoms. The highest BCUT2D eigenvalue weighted by Gasteiger charge is 2.32. The van der Waals surface area contributed by atoms with Crippen molar-refractivity contribution >= 4 is 82.1 Å². The van der Waals surface area contributed by atoms with Crippen LogP contribution in [0.5, 0.6) is 0 Å². The van der Waals surface area contributed by atoms with Gasteiger partial charge in [0, 0.05) is 135 Å². The molecule has 0 atom stereocenters. The van der Waals surface area contributed by atoms with E-state index in [9.17, 15) is 66.3 Å². The lowest BCUT2D eigenvalue weighted by Crippen LogP contribution is -2.20. The molecule has 716 valence electrons. The second kappa shape index (κ2) is 44.6. The van der Waals surface area contributed by atoms with Crippen LogP contribution in [0.3, 0.4) is 0 Å². The Morgan fingerprint density at radius 3 is 0.906 bits per heavy atom. The zero-order valence-electron chi connectivity index (χ0n) is 77.4. The molecule has 3 aromatic carbocycles. The third-order valence-electron chi connectivity index (χ3n) is 20.1. The number of benzene rings is 3. The summed E-state index contributed by atoms with van der Waals surface area (Å²) in [5.41, 5.74) is 7.06. The molecule has 0 radical (unpaired) electrons. The van der Waals surface area contributed by atoms with Gasteiger partial charge in [-0.1, -0.05) is 52.0 Å². The molecule has 2 aliphatic rings. The number of thioether (sulfide) groups is 1.